The Morgan fingerprint density at radius 2 is 2.22 bits per heavy atom. The molecule has 0 spiro atoms. The minimum atomic E-state index is 0.563. The Labute approximate surface area is 115 Å². The van der Waals surface area contributed by atoms with Crippen LogP contribution in [0.25, 0.3) is 0 Å². The van der Waals surface area contributed by atoms with Crippen molar-refractivity contribution in [3.05, 3.63) is 29.8 Å². The second-order valence-electron chi connectivity index (χ2n) is 5.21. The van der Waals surface area contributed by atoms with Crippen molar-refractivity contribution in [2.24, 2.45) is 0 Å². The molecule has 0 saturated carbocycles. The molecule has 1 N–H and O–H groups in total. The van der Waals surface area contributed by atoms with Gasteiger partial charge in [0.05, 0.1) is 0 Å². The maximum Gasteiger partial charge on any atom is 0.0166 e. The van der Waals surface area contributed by atoms with E-state index in [1.807, 2.05) is 11.8 Å². The highest BCUT2D eigenvalue weighted by molar-refractivity contribution is 7.99. The van der Waals surface area contributed by atoms with Crippen LogP contribution in [0, 0.1) is 0 Å². The summed E-state index contributed by atoms with van der Waals surface area (Å²) in [6, 6.07) is 9.39. The van der Waals surface area contributed by atoms with Crippen LogP contribution in [0.4, 0.5) is 0 Å². The van der Waals surface area contributed by atoms with Gasteiger partial charge in [-0.25, -0.2) is 0 Å². The Morgan fingerprint density at radius 3 is 3.00 bits per heavy atom. The van der Waals surface area contributed by atoms with Gasteiger partial charge in [0, 0.05) is 35.7 Å². The molecule has 0 radical (unpaired) electrons. The Morgan fingerprint density at radius 1 is 1.44 bits per heavy atom. The Kier molecular flexibility index (Phi) is 5.10. The largest absolute Gasteiger partial charge is 0.312 e. The molecule has 1 aromatic rings. The maximum absolute atomic E-state index is 3.68. The predicted molar refractivity (Wildman–Crippen MR) is 80.5 cm³/mol. The van der Waals surface area contributed by atoms with Crippen LogP contribution in [-0.2, 0) is 0 Å². The monoisotopic (exact) mass is 264 g/mol. The van der Waals surface area contributed by atoms with Crippen molar-refractivity contribution in [1.29, 1.82) is 0 Å². The zero-order valence-electron chi connectivity index (χ0n) is 11.6. The van der Waals surface area contributed by atoms with E-state index in [-0.39, 0.29) is 0 Å². The number of benzene rings is 1. The number of fused-ring (bicyclic) bond motifs is 1. The van der Waals surface area contributed by atoms with Crippen LogP contribution in [0.3, 0.4) is 0 Å². The molecule has 100 valence electrons. The minimum Gasteiger partial charge on any atom is -0.312 e. The molecule has 0 fully saturated rings. The molecule has 18 heavy (non-hydrogen) atoms. The Balaban J connectivity index is 1.82. The molecule has 0 aliphatic carbocycles. The van der Waals surface area contributed by atoms with Crippen LogP contribution in [0.15, 0.2) is 29.2 Å². The van der Waals surface area contributed by atoms with E-state index in [0.29, 0.717) is 12.0 Å². The van der Waals surface area contributed by atoms with Crippen LogP contribution in [-0.4, -0.2) is 43.4 Å². The van der Waals surface area contributed by atoms with Gasteiger partial charge in [-0.2, -0.15) is 0 Å². The van der Waals surface area contributed by atoms with Crippen LogP contribution in [0.1, 0.15) is 25.3 Å². The van der Waals surface area contributed by atoms with E-state index in [0.717, 1.165) is 19.6 Å². The van der Waals surface area contributed by atoms with Crippen molar-refractivity contribution in [3.63, 3.8) is 0 Å². The van der Waals surface area contributed by atoms with Gasteiger partial charge in [0.25, 0.3) is 0 Å². The topological polar surface area (TPSA) is 15.3 Å². The summed E-state index contributed by atoms with van der Waals surface area (Å²) in [4.78, 5) is 3.83. The fraction of sp³-hybridized carbons (Fsp3) is 0.600. The normalized spacial score (nSPS) is 20.1. The Bertz CT molecular complexity index is 381. The lowest BCUT2D eigenvalue weighted by Crippen LogP contribution is -2.39. The fourth-order valence-electron chi connectivity index (χ4n) is 2.40. The standard InChI is InChI=1S/C15H24N2S/c1-4-17(3)10-12(2)16-9-13-11-18-15-8-6-5-7-14(13)15/h5-8,12-13,16H,4,9-11H2,1-3H3. The number of thioether (sulfide) groups is 1. The minimum absolute atomic E-state index is 0.563. The average Bonchev–Trinajstić information content (AvgIpc) is 2.79. The van der Waals surface area contributed by atoms with Crippen molar-refractivity contribution >= 4 is 11.8 Å². The molecule has 2 rings (SSSR count). The molecule has 2 nitrogen and oxygen atoms in total. The zero-order valence-corrected chi connectivity index (χ0v) is 12.5. The molecule has 3 heteroatoms. The number of hydrogen-bond acceptors (Lipinski definition) is 3. The first-order chi connectivity index (χ1) is 8.70. The first kappa shape index (κ1) is 13.9. The van der Waals surface area contributed by atoms with Crippen molar-refractivity contribution in [2.45, 2.75) is 30.7 Å². The highest BCUT2D eigenvalue weighted by atomic mass is 32.2. The summed E-state index contributed by atoms with van der Waals surface area (Å²) >= 11 is 2.00. The molecule has 1 aliphatic heterocycles. The number of nitrogens with zero attached hydrogens (tertiary/aromatic N) is 1. The van der Waals surface area contributed by atoms with Gasteiger partial charge in [0.15, 0.2) is 0 Å². The summed E-state index contributed by atoms with van der Waals surface area (Å²) in [6.07, 6.45) is 0. The van der Waals surface area contributed by atoms with E-state index >= 15 is 0 Å². The van der Waals surface area contributed by atoms with Gasteiger partial charge in [0.2, 0.25) is 0 Å². The molecule has 2 unspecified atom stereocenters. The van der Waals surface area contributed by atoms with Gasteiger partial charge in [-0.15, -0.1) is 11.8 Å². The van der Waals surface area contributed by atoms with Gasteiger partial charge in [-0.05, 0) is 32.1 Å². The molecule has 0 saturated heterocycles. The van der Waals surface area contributed by atoms with Crippen LogP contribution >= 0.6 is 11.8 Å². The van der Waals surface area contributed by atoms with E-state index in [1.54, 1.807) is 0 Å². The summed E-state index contributed by atoms with van der Waals surface area (Å²) < 4.78 is 0. The van der Waals surface area contributed by atoms with E-state index in [1.165, 1.54) is 16.2 Å². The van der Waals surface area contributed by atoms with Crippen LogP contribution < -0.4 is 5.32 Å². The maximum atomic E-state index is 3.68. The smallest absolute Gasteiger partial charge is 0.0166 e. The van der Waals surface area contributed by atoms with Crippen LogP contribution in [0.2, 0.25) is 0 Å². The van der Waals surface area contributed by atoms with Gasteiger partial charge in [0.1, 0.15) is 0 Å². The second-order valence-corrected chi connectivity index (χ2v) is 6.27. The SMILES string of the molecule is CCN(C)CC(C)NCC1CSc2ccccc21. The third-order valence-corrected chi connectivity index (χ3v) is 4.89. The summed E-state index contributed by atoms with van der Waals surface area (Å²) in [6.45, 7) is 7.83. The molecule has 0 amide bonds. The summed E-state index contributed by atoms with van der Waals surface area (Å²) in [5.74, 6) is 1.91. The molecule has 1 aliphatic rings. The van der Waals surface area contributed by atoms with E-state index in [4.69, 9.17) is 0 Å². The van der Waals surface area contributed by atoms with Gasteiger partial charge >= 0.3 is 0 Å². The van der Waals surface area contributed by atoms with Crippen molar-refractivity contribution < 1.29 is 0 Å². The first-order valence-corrected chi connectivity index (χ1v) is 7.83. The molecular formula is C15H24N2S. The lowest BCUT2D eigenvalue weighted by atomic mass is 10.0. The van der Waals surface area contributed by atoms with Crippen molar-refractivity contribution in [3.8, 4) is 0 Å². The van der Waals surface area contributed by atoms with E-state index in [2.05, 4.69) is 55.4 Å². The molecular weight excluding hydrogens is 240 g/mol. The molecule has 1 heterocycles. The second kappa shape index (κ2) is 6.60. The average molecular weight is 264 g/mol. The van der Waals surface area contributed by atoms with Gasteiger partial charge in [-0.1, -0.05) is 25.1 Å². The molecule has 0 aromatic heterocycles. The third-order valence-electron chi connectivity index (χ3n) is 3.64. The van der Waals surface area contributed by atoms with E-state index < -0.39 is 0 Å². The summed E-state index contributed by atoms with van der Waals surface area (Å²) in [5.41, 5.74) is 1.53. The molecule has 2 atom stereocenters. The first-order valence-electron chi connectivity index (χ1n) is 6.84. The van der Waals surface area contributed by atoms with Gasteiger partial charge in [-0.3, -0.25) is 0 Å². The quantitative estimate of drug-likeness (QED) is 0.850. The number of nitrogens with one attached hydrogen (secondary N) is 1. The van der Waals surface area contributed by atoms with Gasteiger partial charge < -0.3 is 10.2 Å². The lowest BCUT2D eigenvalue weighted by molar-refractivity contribution is 0.308. The highest BCUT2D eigenvalue weighted by Crippen LogP contribution is 2.38. The zero-order chi connectivity index (χ0) is 13.0. The number of rotatable bonds is 6. The molecule has 1 aromatic carbocycles. The number of hydrogen-bond donors (Lipinski definition) is 1. The third kappa shape index (κ3) is 3.50. The predicted octanol–water partition coefficient (Wildman–Crippen LogP) is 2.81. The van der Waals surface area contributed by atoms with Crippen molar-refractivity contribution in [1.82, 2.24) is 10.2 Å². The van der Waals surface area contributed by atoms with Crippen molar-refractivity contribution in [2.75, 3.05) is 32.4 Å². The van der Waals surface area contributed by atoms with E-state index in [9.17, 15) is 0 Å². The summed E-state index contributed by atoms with van der Waals surface area (Å²) in [7, 11) is 2.18. The lowest BCUT2D eigenvalue weighted by Gasteiger charge is -2.22. The fourth-order valence-corrected chi connectivity index (χ4v) is 3.66. The summed E-state index contributed by atoms with van der Waals surface area (Å²) in [5, 5.41) is 3.68. The highest BCUT2D eigenvalue weighted by Gasteiger charge is 2.22. The van der Waals surface area contributed by atoms with Crippen LogP contribution in [0.5, 0.6) is 0 Å². The Hall–Kier alpha value is -0.510. The number of likely N-dealkylation sites (N-methyl/N-ethyl adjacent to an activating group) is 1. The molecule has 0 bridgehead atoms.